The summed E-state index contributed by atoms with van der Waals surface area (Å²) in [4.78, 5) is 5.27. The van der Waals surface area contributed by atoms with Gasteiger partial charge in [-0.05, 0) is 25.7 Å². The van der Waals surface area contributed by atoms with Gasteiger partial charge in [-0.2, -0.15) is 0 Å². The molecule has 3 N–H and O–H groups in total. The van der Waals surface area contributed by atoms with Crippen LogP contribution in [0.3, 0.4) is 0 Å². The van der Waals surface area contributed by atoms with E-state index in [0.717, 1.165) is 19.4 Å². The zero-order chi connectivity index (χ0) is 10.5. The Morgan fingerprint density at radius 1 is 1.73 bits per heavy atom. The highest BCUT2D eigenvalue weighted by Gasteiger charge is 2.18. The van der Waals surface area contributed by atoms with Crippen LogP contribution in [-0.4, -0.2) is 17.7 Å². The first-order valence-corrected chi connectivity index (χ1v) is 6.24. The number of hydrazine groups is 1. The molecule has 15 heavy (non-hydrogen) atoms. The summed E-state index contributed by atoms with van der Waals surface area (Å²) in [6.45, 7) is 0.923. The number of nitrogens with two attached hydrogens (primary N) is 1. The van der Waals surface area contributed by atoms with Crippen molar-refractivity contribution < 1.29 is 4.74 Å². The van der Waals surface area contributed by atoms with Crippen molar-refractivity contribution in [3.8, 4) is 0 Å². The van der Waals surface area contributed by atoms with Crippen LogP contribution < -0.4 is 11.3 Å². The molecule has 2 atom stereocenters. The van der Waals surface area contributed by atoms with E-state index in [0.29, 0.717) is 6.10 Å². The molecule has 1 aromatic rings. The monoisotopic (exact) mass is 227 g/mol. The van der Waals surface area contributed by atoms with Crippen LogP contribution >= 0.6 is 11.3 Å². The van der Waals surface area contributed by atoms with Crippen LogP contribution in [0.25, 0.3) is 0 Å². The van der Waals surface area contributed by atoms with Crippen molar-refractivity contribution in [2.24, 2.45) is 5.84 Å². The zero-order valence-corrected chi connectivity index (χ0v) is 9.50. The van der Waals surface area contributed by atoms with E-state index < -0.39 is 0 Å². The lowest BCUT2D eigenvalue weighted by Gasteiger charge is -2.16. The van der Waals surface area contributed by atoms with E-state index in [4.69, 9.17) is 10.6 Å². The molecular formula is C10H17N3OS. The fourth-order valence-corrected chi connectivity index (χ4v) is 2.65. The van der Waals surface area contributed by atoms with Crippen LogP contribution in [0.15, 0.2) is 11.7 Å². The summed E-state index contributed by atoms with van der Waals surface area (Å²) in [5, 5.41) is 0. The van der Waals surface area contributed by atoms with E-state index in [-0.39, 0.29) is 6.04 Å². The number of rotatable bonds is 5. The fraction of sp³-hybridized carbons (Fsp3) is 0.700. The van der Waals surface area contributed by atoms with Crippen molar-refractivity contribution in [1.82, 2.24) is 10.4 Å². The average molecular weight is 227 g/mol. The summed E-state index contributed by atoms with van der Waals surface area (Å²) in [5.41, 5.74) is 4.68. The Morgan fingerprint density at radius 3 is 3.27 bits per heavy atom. The molecule has 0 saturated carbocycles. The minimum absolute atomic E-state index is 0.224. The first-order chi connectivity index (χ1) is 7.40. The lowest BCUT2D eigenvalue weighted by Crippen LogP contribution is -2.28. The molecule has 0 aliphatic carbocycles. The number of ether oxygens (including phenoxy) is 1. The lowest BCUT2D eigenvalue weighted by atomic mass is 10.1. The number of hydrogen-bond acceptors (Lipinski definition) is 5. The maximum absolute atomic E-state index is 5.58. The molecule has 2 heterocycles. The summed E-state index contributed by atoms with van der Waals surface area (Å²) in [7, 11) is 0. The Bertz CT molecular complexity index is 272. The van der Waals surface area contributed by atoms with Gasteiger partial charge in [0, 0.05) is 17.7 Å². The van der Waals surface area contributed by atoms with E-state index in [2.05, 4.69) is 10.4 Å². The standard InChI is InChI=1S/C10H17N3OS/c11-13-9(10-6-12-7-15-10)4-3-8-2-1-5-14-8/h6-9,13H,1-5,11H2. The summed E-state index contributed by atoms with van der Waals surface area (Å²) >= 11 is 1.64. The molecule has 0 aromatic carbocycles. The van der Waals surface area contributed by atoms with Gasteiger partial charge in [-0.3, -0.25) is 16.3 Å². The lowest BCUT2D eigenvalue weighted by molar-refractivity contribution is 0.0997. The highest BCUT2D eigenvalue weighted by Crippen LogP contribution is 2.25. The molecule has 0 bridgehead atoms. The minimum Gasteiger partial charge on any atom is -0.378 e. The SMILES string of the molecule is NNC(CCC1CCCO1)c1cncs1. The molecule has 1 aliphatic heterocycles. The molecule has 4 nitrogen and oxygen atoms in total. The fourth-order valence-electron chi connectivity index (χ4n) is 1.93. The largest absolute Gasteiger partial charge is 0.378 e. The summed E-state index contributed by atoms with van der Waals surface area (Å²) in [6.07, 6.45) is 6.81. The van der Waals surface area contributed by atoms with Crippen LogP contribution in [0.2, 0.25) is 0 Å². The van der Waals surface area contributed by atoms with E-state index >= 15 is 0 Å². The third kappa shape index (κ3) is 2.98. The predicted octanol–water partition coefficient (Wildman–Crippen LogP) is 1.61. The predicted molar refractivity (Wildman–Crippen MR) is 60.4 cm³/mol. The zero-order valence-electron chi connectivity index (χ0n) is 8.69. The summed E-state index contributed by atoms with van der Waals surface area (Å²) < 4.78 is 5.58. The van der Waals surface area contributed by atoms with Gasteiger partial charge in [-0.25, -0.2) is 0 Å². The normalized spacial score (nSPS) is 23.1. The number of aromatic nitrogens is 1. The maximum Gasteiger partial charge on any atom is 0.0794 e. The highest BCUT2D eigenvalue weighted by atomic mass is 32.1. The number of hydrogen-bond donors (Lipinski definition) is 2. The van der Waals surface area contributed by atoms with Gasteiger partial charge in [0.1, 0.15) is 0 Å². The van der Waals surface area contributed by atoms with Crippen molar-refractivity contribution in [1.29, 1.82) is 0 Å². The Balaban J connectivity index is 1.80. The highest BCUT2D eigenvalue weighted by molar-refractivity contribution is 7.09. The second-order valence-corrected chi connectivity index (χ2v) is 4.75. The Kier molecular flexibility index (Phi) is 4.08. The van der Waals surface area contributed by atoms with Gasteiger partial charge in [0.05, 0.1) is 17.7 Å². The number of thiazole rings is 1. The second-order valence-electron chi connectivity index (χ2n) is 3.84. The van der Waals surface area contributed by atoms with Crippen LogP contribution in [0, 0.1) is 0 Å². The third-order valence-electron chi connectivity index (χ3n) is 2.80. The molecule has 2 rings (SSSR count). The van der Waals surface area contributed by atoms with Crippen molar-refractivity contribution in [2.75, 3.05) is 6.61 Å². The molecule has 0 amide bonds. The first-order valence-electron chi connectivity index (χ1n) is 5.36. The van der Waals surface area contributed by atoms with Crippen LogP contribution in [-0.2, 0) is 4.74 Å². The van der Waals surface area contributed by atoms with E-state index in [1.807, 2.05) is 11.7 Å². The van der Waals surface area contributed by atoms with Crippen LogP contribution in [0.1, 0.15) is 36.6 Å². The molecule has 0 spiro atoms. The van der Waals surface area contributed by atoms with E-state index in [1.54, 1.807) is 11.3 Å². The van der Waals surface area contributed by atoms with Gasteiger partial charge >= 0.3 is 0 Å². The molecule has 1 fully saturated rings. The van der Waals surface area contributed by atoms with Gasteiger partial charge in [0.15, 0.2) is 0 Å². The average Bonchev–Trinajstić information content (AvgIpc) is 2.90. The Morgan fingerprint density at radius 2 is 2.67 bits per heavy atom. The first kappa shape index (κ1) is 11.0. The van der Waals surface area contributed by atoms with E-state index in [1.165, 1.54) is 17.7 Å². The number of nitrogens with one attached hydrogen (secondary N) is 1. The minimum atomic E-state index is 0.224. The molecule has 1 aliphatic rings. The van der Waals surface area contributed by atoms with Crippen molar-refractivity contribution in [2.45, 2.75) is 37.8 Å². The second kappa shape index (κ2) is 5.55. The third-order valence-corrected chi connectivity index (χ3v) is 3.69. The van der Waals surface area contributed by atoms with E-state index in [9.17, 15) is 0 Å². The molecule has 1 aromatic heterocycles. The summed E-state index contributed by atoms with van der Waals surface area (Å²) in [5.74, 6) is 5.54. The van der Waals surface area contributed by atoms with Crippen molar-refractivity contribution >= 4 is 11.3 Å². The molecular weight excluding hydrogens is 210 g/mol. The Labute approximate surface area is 93.8 Å². The van der Waals surface area contributed by atoms with Gasteiger partial charge in [0.25, 0.3) is 0 Å². The molecule has 5 heteroatoms. The molecule has 0 radical (unpaired) electrons. The van der Waals surface area contributed by atoms with Crippen LogP contribution in [0.4, 0.5) is 0 Å². The molecule has 2 unspecified atom stereocenters. The van der Waals surface area contributed by atoms with Gasteiger partial charge in [0.2, 0.25) is 0 Å². The Hall–Kier alpha value is -0.490. The van der Waals surface area contributed by atoms with Gasteiger partial charge in [-0.15, -0.1) is 11.3 Å². The van der Waals surface area contributed by atoms with Crippen molar-refractivity contribution in [3.63, 3.8) is 0 Å². The van der Waals surface area contributed by atoms with Gasteiger partial charge in [-0.1, -0.05) is 0 Å². The van der Waals surface area contributed by atoms with Gasteiger partial charge < -0.3 is 4.74 Å². The summed E-state index contributed by atoms with van der Waals surface area (Å²) in [6, 6.07) is 0.224. The number of nitrogens with zero attached hydrogens (tertiary/aromatic N) is 1. The quantitative estimate of drug-likeness (QED) is 0.592. The smallest absolute Gasteiger partial charge is 0.0794 e. The molecule has 1 saturated heterocycles. The topological polar surface area (TPSA) is 60.2 Å². The van der Waals surface area contributed by atoms with Crippen LogP contribution in [0.5, 0.6) is 0 Å². The van der Waals surface area contributed by atoms with Crippen molar-refractivity contribution in [3.05, 3.63) is 16.6 Å². The maximum atomic E-state index is 5.58. The molecule has 84 valence electrons.